The Kier molecular flexibility index (Phi) is 5.44. The van der Waals surface area contributed by atoms with Gasteiger partial charge >= 0.3 is 0 Å². The number of carbonyl (C=O) groups is 1. The summed E-state index contributed by atoms with van der Waals surface area (Å²) in [5.74, 6) is 1.86. The molecule has 1 saturated heterocycles. The van der Waals surface area contributed by atoms with Crippen molar-refractivity contribution in [3.8, 4) is 17.2 Å². The Labute approximate surface area is 223 Å². The summed E-state index contributed by atoms with van der Waals surface area (Å²) in [5.41, 5.74) is 3.85. The van der Waals surface area contributed by atoms with Gasteiger partial charge in [-0.2, -0.15) is 4.68 Å². The van der Waals surface area contributed by atoms with Crippen LogP contribution in [0.2, 0.25) is 5.02 Å². The quantitative estimate of drug-likeness (QED) is 0.345. The van der Waals surface area contributed by atoms with Crippen molar-refractivity contribution < 1.29 is 9.53 Å². The second-order valence-corrected chi connectivity index (χ2v) is 9.71. The maximum Gasteiger partial charge on any atom is 0.234 e. The van der Waals surface area contributed by atoms with Gasteiger partial charge in [-0.05, 0) is 36.4 Å². The number of amides is 1. The lowest BCUT2D eigenvalue weighted by molar-refractivity contribution is -0.132. The Morgan fingerprint density at radius 1 is 0.842 bits per heavy atom. The third-order valence-corrected chi connectivity index (χ3v) is 7.36. The highest BCUT2D eigenvalue weighted by atomic mass is 35.5. The molecule has 2 aromatic heterocycles. The molecule has 188 valence electrons. The maximum atomic E-state index is 13.9. The fourth-order valence-corrected chi connectivity index (χ4v) is 5.35. The van der Waals surface area contributed by atoms with Crippen LogP contribution in [-0.4, -0.2) is 61.9 Å². The average Bonchev–Trinajstić information content (AvgIpc) is 3.40. The van der Waals surface area contributed by atoms with Crippen molar-refractivity contribution >= 4 is 34.5 Å². The molecule has 1 amide bonds. The molecular weight excluding hydrogens is 502 g/mol. The number of hydrogen-bond acceptors (Lipinski definition) is 7. The molecule has 2 aliphatic rings. The number of nitrogens with zero attached hydrogens (tertiary/aromatic N) is 7. The summed E-state index contributed by atoms with van der Waals surface area (Å²) in [7, 11) is 0. The van der Waals surface area contributed by atoms with E-state index in [1.165, 1.54) is 6.33 Å². The summed E-state index contributed by atoms with van der Waals surface area (Å²) in [6, 6.07) is 22.9. The van der Waals surface area contributed by atoms with Crippen molar-refractivity contribution in [1.29, 1.82) is 0 Å². The molecule has 2 aliphatic heterocycles. The Bertz CT molecular complexity index is 1620. The van der Waals surface area contributed by atoms with E-state index in [9.17, 15) is 4.79 Å². The van der Waals surface area contributed by atoms with Crippen LogP contribution in [0.15, 0.2) is 79.1 Å². The van der Waals surface area contributed by atoms with Crippen molar-refractivity contribution in [3.05, 3.63) is 95.3 Å². The summed E-state index contributed by atoms with van der Waals surface area (Å²) in [4.78, 5) is 26.9. The SMILES string of the molecule is O=C(C1c2ccccc2Oc2ccccc21)N1CCN(c2ncnc3c2nnn3-c2ccc(Cl)cc2)CC1. The molecule has 1 fully saturated rings. The molecule has 0 saturated carbocycles. The number of benzene rings is 3. The van der Waals surface area contributed by atoms with Crippen LogP contribution in [0.1, 0.15) is 17.0 Å². The highest BCUT2D eigenvalue weighted by molar-refractivity contribution is 6.30. The van der Waals surface area contributed by atoms with Crippen molar-refractivity contribution in [1.82, 2.24) is 29.9 Å². The van der Waals surface area contributed by atoms with E-state index in [-0.39, 0.29) is 5.91 Å². The fraction of sp³-hybridized carbons (Fsp3) is 0.179. The Hall–Kier alpha value is -4.50. The van der Waals surface area contributed by atoms with E-state index >= 15 is 0 Å². The maximum absolute atomic E-state index is 13.9. The van der Waals surface area contributed by atoms with Crippen molar-refractivity contribution in [2.24, 2.45) is 0 Å². The molecule has 3 aromatic carbocycles. The molecule has 5 aromatic rings. The normalized spacial score (nSPS) is 15.2. The molecule has 9 nitrogen and oxygen atoms in total. The van der Waals surface area contributed by atoms with Gasteiger partial charge in [0, 0.05) is 42.3 Å². The fourth-order valence-electron chi connectivity index (χ4n) is 5.22. The van der Waals surface area contributed by atoms with Crippen LogP contribution in [0.5, 0.6) is 11.5 Å². The molecular formula is C28H22ClN7O2. The van der Waals surface area contributed by atoms with Crippen LogP contribution in [0.25, 0.3) is 16.9 Å². The van der Waals surface area contributed by atoms with Gasteiger partial charge in [0.1, 0.15) is 17.8 Å². The summed E-state index contributed by atoms with van der Waals surface area (Å²) < 4.78 is 7.76. The lowest BCUT2D eigenvalue weighted by Gasteiger charge is -2.38. The second kappa shape index (κ2) is 9.11. The van der Waals surface area contributed by atoms with Gasteiger partial charge in [0.25, 0.3) is 0 Å². The van der Waals surface area contributed by atoms with E-state index in [1.54, 1.807) is 16.8 Å². The summed E-state index contributed by atoms with van der Waals surface area (Å²) in [6.45, 7) is 2.38. The highest BCUT2D eigenvalue weighted by Gasteiger charge is 2.36. The zero-order valence-electron chi connectivity index (χ0n) is 20.2. The first-order chi connectivity index (χ1) is 18.7. The van der Waals surface area contributed by atoms with Crippen molar-refractivity contribution in [2.45, 2.75) is 5.92 Å². The van der Waals surface area contributed by atoms with Crippen LogP contribution < -0.4 is 9.64 Å². The van der Waals surface area contributed by atoms with Crippen molar-refractivity contribution in [2.75, 3.05) is 31.1 Å². The molecule has 0 unspecified atom stereocenters. The number of piperazine rings is 1. The van der Waals surface area contributed by atoms with Crippen LogP contribution in [0, 0.1) is 0 Å². The molecule has 4 heterocycles. The van der Waals surface area contributed by atoms with Gasteiger partial charge in [-0.3, -0.25) is 4.79 Å². The molecule has 38 heavy (non-hydrogen) atoms. The smallest absolute Gasteiger partial charge is 0.234 e. The Morgan fingerprint density at radius 3 is 2.18 bits per heavy atom. The van der Waals surface area contributed by atoms with Crippen molar-refractivity contribution in [3.63, 3.8) is 0 Å². The summed E-state index contributed by atoms with van der Waals surface area (Å²) >= 11 is 6.04. The standard InChI is InChI=1S/C28H22ClN7O2/c29-18-9-11-19(12-10-18)36-27-25(32-33-36)26(30-17-31-27)34-13-15-35(16-14-34)28(37)24-20-5-1-3-7-22(20)38-23-8-4-2-6-21(23)24/h1-12,17,24H,13-16H2. The number of anilines is 1. The minimum Gasteiger partial charge on any atom is -0.457 e. The number of aromatic nitrogens is 5. The Balaban J connectivity index is 1.14. The summed E-state index contributed by atoms with van der Waals surface area (Å²) in [6.07, 6.45) is 1.53. The minimum atomic E-state index is -0.396. The lowest BCUT2D eigenvalue weighted by Crippen LogP contribution is -2.50. The molecule has 7 rings (SSSR count). The summed E-state index contributed by atoms with van der Waals surface area (Å²) in [5, 5.41) is 9.35. The molecule has 0 spiro atoms. The van der Waals surface area contributed by atoms with Crippen LogP contribution in [0.3, 0.4) is 0 Å². The van der Waals surface area contributed by atoms with Gasteiger partial charge < -0.3 is 14.5 Å². The third kappa shape index (κ3) is 3.74. The van der Waals surface area contributed by atoms with Crippen LogP contribution in [0.4, 0.5) is 5.82 Å². The Morgan fingerprint density at radius 2 is 1.50 bits per heavy atom. The number of para-hydroxylation sites is 2. The van der Waals surface area contributed by atoms with Crippen LogP contribution in [-0.2, 0) is 4.79 Å². The van der Waals surface area contributed by atoms with Crippen LogP contribution >= 0.6 is 11.6 Å². The van der Waals surface area contributed by atoms with Gasteiger partial charge in [-0.1, -0.05) is 53.2 Å². The van der Waals surface area contributed by atoms with E-state index in [1.807, 2.05) is 65.6 Å². The second-order valence-electron chi connectivity index (χ2n) is 9.27. The van der Waals surface area contributed by atoms with E-state index < -0.39 is 5.92 Å². The molecule has 0 atom stereocenters. The predicted molar refractivity (Wildman–Crippen MR) is 143 cm³/mol. The lowest BCUT2D eigenvalue weighted by atomic mass is 9.86. The monoisotopic (exact) mass is 523 g/mol. The molecule has 0 N–H and O–H groups in total. The third-order valence-electron chi connectivity index (χ3n) is 7.11. The number of rotatable bonds is 3. The van der Waals surface area contributed by atoms with E-state index in [0.29, 0.717) is 48.2 Å². The number of ether oxygens (including phenoxy) is 1. The van der Waals surface area contributed by atoms with Gasteiger partial charge in [0.2, 0.25) is 5.91 Å². The average molecular weight is 524 g/mol. The van der Waals surface area contributed by atoms with Gasteiger partial charge in [-0.25, -0.2) is 9.97 Å². The number of hydrogen-bond donors (Lipinski definition) is 0. The molecule has 10 heteroatoms. The highest BCUT2D eigenvalue weighted by Crippen LogP contribution is 2.44. The first-order valence-electron chi connectivity index (χ1n) is 12.4. The first kappa shape index (κ1) is 22.7. The van der Waals surface area contributed by atoms with Gasteiger partial charge in [0.05, 0.1) is 11.6 Å². The van der Waals surface area contributed by atoms with E-state index in [4.69, 9.17) is 16.3 Å². The largest absolute Gasteiger partial charge is 0.457 e. The first-order valence-corrected chi connectivity index (χ1v) is 12.8. The molecule has 0 aliphatic carbocycles. The minimum absolute atomic E-state index is 0.0781. The zero-order valence-corrected chi connectivity index (χ0v) is 21.0. The number of fused-ring (bicyclic) bond motifs is 3. The van der Waals surface area contributed by atoms with E-state index in [0.717, 1.165) is 28.3 Å². The van der Waals surface area contributed by atoms with E-state index in [2.05, 4.69) is 25.2 Å². The molecule has 0 radical (unpaired) electrons. The van der Waals surface area contributed by atoms with Gasteiger partial charge in [0.15, 0.2) is 17.0 Å². The topological polar surface area (TPSA) is 89.3 Å². The number of halogens is 1. The predicted octanol–water partition coefficient (Wildman–Crippen LogP) is 4.45. The number of carbonyl (C=O) groups excluding carboxylic acids is 1. The molecule has 0 bridgehead atoms. The zero-order chi connectivity index (χ0) is 25.6. The van der Waals surface area contributed by atoms with Gasteiger partial charge in [-0.15, -0.1) is 5.10 Å².